The van der Waals surface area contributed by atoms with Crippen molar-refractivity contribution in [3.8, 4) is 5.75 Å². The molecule has 1 amide bonds. The number of hydrogen-bond acceptors (Lipinski definition) is 2. The number of benzene rings is 1. The average molecular weight is 211 g/mol. The molecule has 0 aromatic heterocycles. The summed E-state index contributed by atoms with van der Waals surface area (Å²) >= 11 is 0. The third-order valence-electron chi connectivity index (χ3n) is 1.62. The van der Waals surface area contributed by atoms with Crippen molar-refractivity contribution in [3.63, 3.8) is 0 Å². The monoisotopic (exact) mass is 211 g/mol. The van der Waals surface area contributed by atoms with E-state index in [0.29, 0.717) is 11.4 Å². The predicted molar refractivity (Wildman–Crippen MR) is 56.5 cm³/mol. The van der Waals surface area contributed by atoms with Crippen LogP contribution in [0.3, 0.4) is 0 Å². The number of amides is 1. The van der Waals surface area contributed by atoms with Crippen LogP contribution in [0.4, 0.5) is 10.1 Å². The summed E-state index contributed by atoms with van der Waals surface area (Å²) in [5, 5.41) is 2.58. The summed E-state index contributed by atoms with van der Waals surface area (Å²) in [6.45, 7) is 5.06. The maximum atomic E-state index is 12.9. The summed E-state index contributed by atoms with van der Waals surface area (Å²) in [4.78, 5) is 10.9. The molecule has 1 N–H and O–H groups in total. The number of carbonyl (C=O) groups is 1. The highest BCUT2D eigenvalue weighted by molar-refractivity contribution is 5.90. The van der Waals surface area contributed by atoms with Crippen LogP contribution in [-0.2, 0) is 4.79 Å². The van der Waals surface area contributed by atoms with Gasteiger partial charge in [0.05, 0.1) is 11.8 Å². The van der Waals surface area contributed by atoms with Gasteiger partial charge in [0.1, 0.15) is 11.6 Å². The summed E-state index contributed by atoms with van der Waals surface area (Å²) in [6, 6.07) is 4.01. The van der Waals surface area contributed by atoms with Gasteiger partial charge in [-0.1, -0.05) is 0 Å². The smallest absolute Gasteiger partial charge is 0.221 e. The summed E-state index contributed by atoms with van der Waals surface area (Å²) in [6.07, 6.45) is -0.0701. The molecular weight excluding hydrogens is 197 g/mol. The zero-order chi connectivity index (χ0) is 11.4. The Morgan fingerprint density at radius 3 is 2.67 bits per heavy atom. The Morgan fingerprint density at radius 2 is 2.13 bits per heavy atom. The molecule has 0 spiro atoms. The second kappa shape index (κ2) is 4.77. The minimum atomic E-state index is -0.389. The first-order valence-corrected chi connectivity index (χ1v) is 4.73. The predicted octanol–water partition coefficient (Wildman–Crippen LogP) is 2.57. The molecule has 0 aliphatic rings. The Labute approximate surface area is 88.2 Å². The normalized spacial score (nSPS) is 10.2. The second-order valence-electron chi connectivity index (χ2n) is 3.49. The molecule has 0 unspecified atom stereocenters. The van der Waals surface area contributed by atoms with Gasteiger partial charge in [-0.05, 0) is 26.0 Å². The largest absolute Gasteiger partial charge is 0.489 e. The second-order valence-corrected chi connectivity index (χ2v) is 3.49. The molecule has 1 aromatic carbocycles. The van der Waals surface area contributed by atoms with Crippen LogP contribution >= 0.6 is 0 Å². The molecule has 1 aromatic rings. The maximum Gasteiger partial charge on any atom is 0.221 e. The van der Waals surface area contributed by atoms with Gasteiger partial charge >= 0.3 is 0 Å². The van der Waals surface area contributed by atoms with E-state index < -0.39 is 0 Å². The van der Waals surface area contributed by atoms with Crippen molar-refractivity contribution in [3.05, 3.63) is 24.0 Å². The van der Waals surface area contributed by atoms with E-state index in [4.69, 9.17) is 4.74 Å². The lowest BCUT2D eigenvalue weighted by molar-refractivity contribution is -0.114. The van der Waals surface area contributed by atoms with Gasteiger partial charge in [-0.25, -0.2) is 4.39 Å². The standard InChI is InChI=1S/C11H14FNO2/c1-7(2)15-11-6-9(12)4-5-10(11)13-8(3)14/h4-7H,1-3H3,(H,13,14). The number of nitrogens with one attached hydrogen (secondary N) is 1. The fraction of sp³-hybridized carbons (Fsp3) is 0.364. The van der Waals surface area contributed by atoms with Crippen LogP contribution in [-0.4, -0.2) is 12.0 Å². The van der Waals surface area contributed by atoms with Crippen molar-refractivity contribution in [2.75, 3.05) is 5.32 Å². The molecule has 1 rings (SSSR count). The van der Waals surface area contributed by atoms with Gasteiger partial charge in [0.25, 0.3) is 0 Å². The van der Waals surface area contributed by atoms with E-state index in [1.165, 1.54) is 25.1 Å². The summed E-state index contributed by atoms with van der Waals surface area (Å²) in [7, 11) is 0. The number of rotatable bonds is 3. The quantitative estimate of drug-likeness (QED) is 0.834. The summed E-state index contributed by atoms with van der Waals surface area (Å²) < 4.78 is 18.3. The zero-order valence-corrected chi connectivity index (χ0v) is 9.00. The molecular formula is C11H14FNO2. The molecule has 0 heterocycles. The number of carbonyl (C=O) groups excluding carboxylic acids is 1. The molecule has 3 nitrogen and oxygen atoms in total. The van der Waals surface area contributed by atoms with Crippen molar-refractivity contribution in [1.29, 1.82) is 0 Å². The van der Waals surface area contributed by atoms with Crippen LogP contribution in [0.2, 0.25) is 0 Å². The van der Waals surface area contributed by atoms with Gasteiger partial charge in [-0.3, -0.25) is 4.79 Å². The Hall–Kier alpha value is -1.58. The van der Waals surface area contributed by atoms with E-state index in [0.717, 1.165) is 0 Å². The Balaban J connectivity index is 2.97. The molecule has 0 fully saturated rings. The molecule has 0 saturated carbocycles. The maximum absolute atomic E-state index is 12.9. The van der Waals surface area contributed by atoms with Crippen molar-refractivity contribution >= 4 is 11.6 Å². The van der Waals surface area contributed by atoms with Crippen molar-refractivity contribution < 1.29 is 13.9 Å². The van der Waals surface area contributed by atoms with E-state index in [2.05, 4.69) is 5.32 Å². The summed E-state index contributed by atoms with van der Waals surface area (Å²) in [5.41, 5.74) is 0.484. The first kappa shape index (κ1) is 11.5. The lowest BCUT2D eigenvalue weighted by atomic mass is 10.2. The number of anilines is 1. The highest BCUT2D eigenvalue weighted by atomic mass is 19.1. The summed E-state index contributed by atoms with van der Waals surface area (Å²) in [5.74, 6) is -0.254. The van der Waals surface area contributed by atoms with E-state index >= 15 is 0 Å². The molecule has 0 radical (unpaired) electrons. The van der Waals surface area contributed by atoms with Crippen molar-refractivity contribution in [2.45, 2.75) is 26.9 Å². The fourth-order valence-electron chi connectivity index (χ4n) is 1.14. The lowest BCUT2D eigenvalue weighted by Gasteiger charge is -2.14. The highest BCUT2D eigenvalue weighted by Crippen LogP contribution is 2.26. The molecule has 0 saturated heterocycles. The SMILES string of the molecule is CC(=O)Nc1ccc(F)cc1OC(C)C. The van der Waals surface area contributed by atoms with E-state index in [-0.39, 0.29) is 17.8 Å². The van der Waals surface area contributed by atoms with Crippen LogP contribution in [0, 0.1) is 5.82 Å². The van der Waals surface area contributed by atoms with E-state index in [1.807, 2.05) is 13.8 Å². The Morgan fingerprint density at radius 1 is 1.47 bits per heavy atom. The van der Waals surface area contributed by atoms with Crippen molar-refractivity contribution in [2.24, 2.45) is 0 Å². The van der Waals surface area contributed by atoms with E-state index in [1.54, 1.807) is 0 Å². The Bertz CT molecular complexity index is 364. The van der Waals surface area contributed by atoms with E-state index in [9.17, 15) is 9.18 Å². The molecule has 0 aliphatic heterocycles. The number of hydrogen-bond donors (Lipinski definition) is 1. The zero-order valence-electron chi connectivity index (χ0n) is 9.00. The van der Waals surface area contributed by atoms with Crippen molar-refractivity contribution in [1.82, 2.24) is 0 Å². The van der Waals surface area contributed by atoms with Gasteiger partial charge in [-0.15, -0.1) is 0 Å². The van der Waals surface area contributed by atoms with Gasteiger partial charge < -0.3 is 10.1 Å². The average Bonchev–Trinajstić information content (AvgIpc) is 2.08. The topological polar surface area (TPSA) is 38.3 Å². The first-order valence-electron chi connectivity index (χ1n) is 4.73. The van der Waals surface area contributed by atoms with Crippen LogP contribution in [0.1, 0.15) is 20.8 Å². The molecule has 0 bridgehead atoms. The van der Waals surface area contributed by atoms with Gasteiger partial charge in [0, 0.05) is 13.0 Å². The Kier molecular flexibility index (Phi) is 3.66. The van der Waals surface area contributed by atoms with Crippen LogP contribution in [0.25, 0.3) is 0 Å². The third-order valence-corrected chi connectivity index (χ3v) is 1.62. The minimum absolute atomic E-state index is 0.0701. The first-order chi connectivity index (χ1) is 6.99. The third kappa shape index (κ3) is 3.58. The molecule has 4 heteroatoms. The number of halogens is 1. The number of ether oxygens (including phenoxy) is 1. The molecule has 0 aliphatic carbocycles. The van der Waals surface area contributed by atoms with Gasteiger partial charge in [0.2, 0.25) is 5.91 Å². The molecule has 15 heavy (non-hydrogen) atoms. The van der Waals surface area contributed by atoms with Gasteiger partial charge in [0.15, 0.2) is 0 Å². The fourth-order valence-corrected chi connectivity index (χ4v) is 1.14. The molecule has 82 valence electrons. The van der Waals surface area contributed by atoms with Crippen LogP contribution in [0.5, 0.6) is 5.75 Å². The highest BCUT2D eigenvalue weighted by Gasteiger charge is 2.08. The molecule has 0 atom stereocenters. The van der Waals surface area contributed by atoms with Crippen LogP contribution in [0.15, 0.2) is 18.2 Å². The lowest BCUT2D eigenvalue weighted by Crippen LogP contribution is -2.11. The minimum Gasteiger partial charge on any atom is -0.489 e. The van der Waals surface area contributed by atoms with Crippen LogP contribution < -0.4 is 10.1 Å². The van der Waals surface area contributed by atoms with Gasteiger partial charge in [-0.2, -0.15) is 0 Å².